The molecule has 0 radical (unpaired) electrons. The summed E-state index contributed by atoms with van der Waals surface area (Å²) >= 11 is 1.02. The number of hydrogen-bond donors (Lipinski definition) is 3. The van der Waals surface area contributed by atoms with Crippen molar-refractivity contribution in [2.75, 3.05) is 15.8 Å². The maximum atomic E-state index is 13.0. The summed E-state index contributed by atoms with van der Waals surface area (Å²) in [4.78, 5) is 17.2. The molecule has 2 aromatic heterocycles. The van der Waals surface area contributed by atoms with Gasteiger partial charge in [-0.1, -0.05) is 46.7 Å². The molecule has 1 unspecified atom stereocenters. The van der Waals surface area contributed by atoms with Gasteiger partial charge >= 0.3 is 0 Å². The molecular weight excluding hydrogens is 550 g/mol. The fourth-order valence-corrected chi connectivity index (χ4v) is 5.59. The average molecular weight is 574 g/mol. The molecule has 13 heteroatoms. The van der Waals surface area contributed by atoms with Crippen molar-refractivity contribution < 1.29 is 17.7 Å². The van der Waals surface area contributed by atoms with Crippen LogP contribution in [0.3, 0.4) is 0 Å². The molecule has 4 rings (SSSR count). The SMILES string of the molecule is Cc1ccc(-c2c(C#N)c(N)nc(SC(C)C(=O)Nc3ccc(S(=O)(=O)Nc4cc(C)on4)cc3)c2C#N)cc1. The van der Waals surface area contributed by atoms with E-state index in [1.54, 1.807) is 26.0 Å². The van der Waals surface area contributed by atoms with Gasteiger partial charge in [0.1, 0.15) is 34.3 Å². The molecular formula is C27H23N7O4S2. The molecule has 0 saturated carbocycles. The fraction of sp³-hybridized carbons (Fsp3) is 0.148. The maximum absolute atomic E-state index is 13.0. The monoisotopic (exact) mass is 573 g/mol. The predicted octanol–water partition coefficient (Wildman–Crippen LogP) is 4.60. The second-order valence-electron chi connectivity index (χ2n) is 8.72. The van der Waals surface area contributed by atoms with Crippen LogP contribution in [-0.4, -0.2) is 29.7 Å². The normalized spacial score (nSPS) is 11.7. The minimum atomic E-state index is -3.91. The first-order valence-electron chi connectivity index (χ1n) is 11.8. The van der Waals surface area contributed by atoms with Crippen molar-refractivity contribution in [3.63, 3.8) is 0 Å². The average Bonchev–Trinajstić information content (AvgIpc) is 3.32. The molecule has 11 nitrogen and oxygen atoms in total. The molecule has 2 aromatic carbocycles. The summed E-state index contributed by atoms with van der Waals surface area (Å²) in [5.74, 6) is 0.0515. The lowest BCUT2D eigenvalue weighted by molar-refractivity contribution is -0.115. The summed E-state index contributed by atoms with van der Waals surface area (Å²) in [6.45, 7) is 5.19. The zero-order valence-electron chi connectivity index (χ0n) is 21.6. The first kappa shape index (κ1) is 28.2. The summed E-state index contributed by atoms with van der Waals surface area (Å²) in [7, 11) is -3.91. The number of nitrogen functional groups attached to an aromatic ring is 1. The second kappa shape index (κ2) is 11.5. The van der Waals surface area contributed by atoms with Gasteiger partial charge in [0.2, 0.25) is 5.91 Å². The molecule has 0 spiro atoms. The van der Waals surface area contributed by atoms with E-state index in [9.17, 15) is 23.7 Å². The van der Waals surface area contributed by atoms with Crippen LogP contribution in [0.1, 0.15) is 29.4 Å². The number of aromatic nitrogens is 2. The summed E-state index contributed by atoms with van der Waals surface area (Å²) < 4.78 is 32.4. The van der Waals surface area contributed by atoms with Gasteiger partial charge in [-0.05, 0) is 50.6 Å². The van der Waals surface area contributed by atoms with Crippen LogP contribution in [0.2, 0.25) is 0 Å². The van der Waals surface area contributed by atoms with E-state index in [2.05, 4.69) is 26.2 Å². The first-order valence-corrected chi connectivity index (χ1v) is 14.1. The third-order valence-corrected chi connectivity index (χ3v) is 8.17. The zero-order valence-corrected chi connectivity index (χ0v) is 23.2. The Morgan fingerprint density at radius 3 is 2.27 bits per heavy atom. The Kier molecular flexibility index (Phi) is 8.09. The van der Waals surface area contributed by atoms with Crippen LogP contribution in [0.25, 0.3) is 11.1 Å². The number of hydrogen-bond acceptors (Lipinski definition) is 10. The van der Waals surface area contributed by atoms with Crippen molar-refractivity contribution in [1.82, 2.24) is 10.1 Å². The number of thioether (sulfide) groups is 1. The van der Waals surface area contributed by atoms with Gasteiger partial charge in [0.15, 0.2) is 5.82 Å². The van der Waals surface area contributed by atoms with Gasteiger partial charge in [-0.25, -0.2) is 13.4 Å². The number of aryl methyl sites for hydroxylation is 2. The lowest BCUT2D eigenvalue weighted by atomic mass is 9.96. The van der Waals surface area contributed by atoms with Crippen LogP contribution in [0.15, 0.2) is 69.0 Å². The minimum Gasteiger partial charge on any atom is -0.383 e. The van der Waals surface area contributed by atoms with Crippen molar-refractivity contribution in [3.05, 3.63) is 77.0 Å². The second-order valence-corrected chi connectivity index (χ2v) is 11.7. The van der Waals surface area contributed by atoms with Crippen molar-refractivity contribution in [2.45, 2.75) is 35.9 Å². The molecule has 0 aliphatic carbocycles. The van der Waals surface area contributed by atoms with Gasteiger partial charge in [-0.3, -0.25) is 9.52 Å². The zero-order chi connectivity index (χ0) is 29.0. The highest BCUT2D eigenvalue weighted by Gasteiger charge is 2.24. The minimum absolute atomic E-state index is 0.0341. The molecule has 0 fully saturated rings. The summed E-state index contributed by atoms with van der Waals surface area (Å²) in [5, 5.41) is 25.5. The van der Waals surface area contributed by atoms with Gasteiger partial charge in [0, 0.05) is 17.3 Å². The van der Waals surface area contributed by atoms with Crippen LogP contribution in [0.5, 0.6) is 0 Å². The number of carbonyl (C=O) groups excluding carboxylic acids is 1. The third-order valence-electron chi connectivity index (χ3n) is 5.71. The van der Waals surface area contributed by atoms with E-state index in [1.165, 1.54) is 30.3 Å². The Morgan fingerprint density at radius 1 is 1.05 bits per heavy atom. The quantitative estimate of drug-likeness (QED) is 0.251. The lowest BCUT2D eigenvalue weighted by Gasteiger charge is -2.16. The fourth-order valence-electron chi connectivity index (χ4n) is 3.69. The number of nitrogens with zero attached hydrogens (tertiary/aromatic N) is 4. The number of pyridine rings is 1. The molecule has 0 bridgehead atoms. The summed E-state index contributed by atoms with van der Waals surface area (Å²) in [5.41, 5.74) is 8.67. The summed E-state index contributed by atoms with van der Waals surface area (Å²) in [6, 6.07) is 18.5. The van der Waals surface area contributed by atoms with Crippen molar-refractivity contribution >= 4 is 45.0 Å². The van der Waals surface area contributed by atoms with Crippen LogP contribution in [0, 0.1) is 36.5 Å². The molecule has 40 heavy (non-hydrogen) atoms. The van der Waals surface area contributed by atoms with Gasteiger partial charge in [0.25, 0.3) is 10.0 Å². The van der Waals surface area contributed by atoms with Gasteiger partial charge in [-0.15, -0.1) is 0 Å². The number of nitriles is 2. The van der Waals surface area contributed by atoms with E-state index in [4.69, 9.17) is 10.3 Å². The number of benzene rings is 2. The van der Waals surface area contributed by atoms with Crippen LogP contribution >= 0.6 is 11.8 Å². The van der Waals surface area contributed by atoms with E-state index in [-0.39, 0.29) is 32.7 Å². The molecule has 0 aliphatic rings. The lowest BCUT2D eigenvalue weighted by Crippen LogP contribution is -2.23. The number of rotatable bonds is 8. The Hall–Kier alpha value is -4.85. The Balaban J connectivity index is 1.52. The van der Waals surface area contributed by atoms with Crippen molar-refractivity contribution in [1.29, 1.82) is 10.5 Å². The van der Waals surface area contributed by atoms with Crippen LogP contribution in [-0.2, 0) is 14.8 Å². The van der Waals surface area contributed by atoms with E-state index >= 15 is 0 Å². The topological polar surface area (TPSA) is 188 Å². The van der Waals surface area contributed by atoms with Crippen LogP contribution < -0.4 is 15.8 Å². The molecule has 4 aromatic rings. The Bertz CT molecular complexity index is 1770. The number of sulfonamides is 1. The van der Waals surface area contributed by atoms with Crippen LogP contribution in [0.4, 0.5) is 17.3 Å². The molecule has 202 valence electrons. The number of carbonyl (C=O) groups is 1. The van der Waals surface area contributed by atoms with E-state index in [0.717, 1.165) is 17.3 Å². The Labute approximate surface area is 235 Å². The Morgan fingerprint density at radius 2 is 1.70 bits per heavy atom. The molecule has 0 saturated heterocycles. The standard InChI is InChI=1S/C27H23N7O4S2/c1-15-4-6-18(7-5-15)24-21(13-28)25(30)32-27(22(24)14-29)39-17(3)26(35)31-19-8-10-20(11-9-19)40(36,37)34-23-12-16(2)38-33-23/h4-12,17H,1-3H3,(H2,30,32)(H,31,35)(H,33,34). The summed E-state index contributed by atoms with van der Waals surface area (Å²) in [6.07, 6.45) is 0. The van der Waals surface area contributed by atoms with E-state index in [1.807, 2.05) is 25.1 Å². The molecule has 1 atom stereocenters. The third kappa shape index (κ3) is 6.07. The smallest absolute Gasteiger partial charge is 0.263 e. The molecule has 0 aliphatic heterocycles. The largest absolute Gasteiger partial charge is 0.383 e. The van der Waals surface area contributed by atoms with E-state index < -0.39 is 21.2 Å². The highest BCUT2D eigenvalue weighted by molar-refractivity contribution is 8.00. The van der Waals surface area contributed by atoms with E-state index in [0.29, 0.717) is 22.6 Å². The van der Waals surface area contributed by atoms with Crippen molar-refractivity contribution in [2.24, 2.45) is 0 Å². The molecule has 1 amide bonds. The highest BCUT2D eigenvalue weighted by Crippen LogP contribution is 2.37. The number of nitrogens with two attached hydrogens (primary N) is 1. The molecule has 4 N–H and O–H groups in total. The predicted molar refractivity (Wildman–Crippen MR) is 151 cm³/mol. The van der Waals surface area contributed by atoms with Crippen molar-refractivity contribution in [3.8, 4) is 23.3 Å². The van der Waals surface area contributed by atoms with Gasteiger partial charge in [0.05, 0.1) is 15.7 Å². The molecule has 2 heterocycles. The highest BCUT2D eigenvalue weighted by atomic mass is 32.2. The first-order chi connectivity index (χ1) is 19.0. The van der Waals surface area contributed by atoms with Gasteiger partial charge in [-0.2, -0.15) is 10.5 Å². The number of anilines is 3. The van der Waals surface area contributed by atoms with Gasteiger partial charge < -0.3 is 15.6 Å². The number of nitrogens with one attached hydrogen (secondary N) is 2. The maximum Gasteiger partial charge on any atom is 0.263 e. The number of amides is 1.